The van der Waals surface area contributed by atoms with Crippen molar-refractivity contribution in [3.8, 4) is 0 Å². The topological polar surface area (TPSA) is 61.4 Å². The number of carbonyl (C=O) groups is 1. The van der Waals surface area contributed by atoms with E-state index < -0.39 is 0 Å². The molecule has 1 fully saturated rings. The van der Waals surface area contributed by atoms with Gasteiger partial charge in [0.05, 0.1) is 12.6 Å². The van der Waals surface area contributed by atoms with Gasteiger partial charge in [-0.15, -0.1) is 0 Å². The lowest BCUT2D eigenvalue weighted by atomic mass is 10.1. The molecular weight excluding hydrogens is 228 g/mol. The highest BCUT2D eigenvalue weighted by Gasteiger charge is 2.39. The van der Waals surface area contributed by atoms with E-state index in [1.54, 1.807) is 0 Å². The van der Waals surface area contributed by atoms with Crippen LogP contribution in [-0.2, 0) is 0 Å². The van der Waals surface area contributed by atoms with Gasteiger partial charge in [-0.2, -0.15) is 0 Å². The van der Waals surface area contributed by atoms with Gasteiger partial charge in [-0.05, 0) is 18.4 Å². The van der Waals surface area contributed by atoms with Gasteiger partial charge in [0.15, 0.2) is 0 Å². The minimum absolute atomic E-state index is 0.0172. The van der Waals surface area contributed by atoms with Gasteiger partial charge in [-0.1, -0.05) is 37.3 Å². The molecule has 98 valence electrons. The maximum absolute atomic E-state index is 11.7. The van der Waals surface area contributed by atoms with Gasteiger partial charge >= 0.3 is 6.03 Å². The fourth-order valence-corrected chi connectivity index (χ4v) is 2.10. The molecule has 2 amide bonds. The van der Waals surface area contributed by atoms with Crippen LogP contribution in [0.4, 0.5) is 4.79 Å². The van der Waals surface area contributed by atoms with E-state index in [0.717, 1.165) is 12.8 Å². The Hall–Kier alpha value is -1.55. The van der Waals surface area contributed by atoms with Crippen molar-refractivity contribution in [2.45, 2.75) is 37.8 Å². The summed E-state index contributed by atoms with van der Waals surface area (Å²) in [6.07, 6.45) is 1.73. The molecular formula is C14H20N2O2. The summed E-state index contributed by atoms with van der Waals surface area (Å²) in [7, 11) is 0. The molecule has 4 heteroatoms. The van der Waals surface area contributed by atoms with Crippen molar-refractivity contribution in [3.05, 3.63) is 35.9 Å². The summed E-state index contributed by atoms with van der Waals surface area (Å²) < 4.78 is 0. The Morgan fingerprint density at radius 2 is 2.17 bits per heavy atom. The fourth-order valence-electron chi connectivity index (χ4n) is 2.10. The van der Waals surface area contributed by atoms with Crippen LogP contribution >= 0.6 is 0 Å². The van der Waals surface area contributed by atoms with Crippen LogP contribution < -0.4 is 10.6 Å². The standard InChI is InChI=1S/C14H20N2O2/c1-2-11(9-17)15-14(18)16-13-8-12(13)10-6-4-3-5-7-10/h3-7,11-13,17H,2,8-9H2,1H3,(H2,15,16,18). The lowest BCUT2D eigenvalue weighted by Crippen LogP contribution is -2.44. The van der Waals surface area contributed by atoms with Crippen molar-refractivity contribution in [1.82, 2.24) is 10.6 Å². The second-order valence-corrected chi connectivity index (χ2v) is 4.76. The maximum atomic E-state index is 11.7. The Morgan fingerprint density at radius 1 is 1.44 bits per heavy atom. The largest absolute Gasteiger partial charge is 0.394 e. The van der Waals surface area contributed by atoms with Crippen molar-refractivity contribution in [2.24, 2.45) is 0 Å². The third-order valence-corrected chi connectivity index (χ3v) is 3.38. The molecule has 1 aliphatic rings. The Labute approximate surface area is 107 Å². The van der Waals surface area contributed by atoms with E-state index in [4.69, 9.17) is 5.11 Å². The molecule has 1 aliphatic carbocycles. The quantitative estimate of drug-likeness (QED) is 0.741. The zero-order valence-corrected chi connectivity index (χ0v) is 10.6. The molecule has 3 atom stereocenters. The third-order valence-electron chi connectivity index (χ3n) is 3.38. The molecule has 2 rings (SSSR count). The number of carbonyl (C=O) groups excluding carboxylic acids is 1. The van der Waals surface area contributed by atoms with Crippen LogP contribution in [0.15, 0.2) is 30.3 Å². The van der Waals surface area contributed by atoms with Gasteiger partial charge in [-0.3, -0.25) is 0 Å². The van der Waals surface area contributed by atoms with E-state index in [1.165, 1.54) is 5.56 Å². The van der Waals surface area contributed by atoms with E-state index in [9.17, 15) is 4.79 Å². The predicted octanol–water partition coefficient (Wildman–Crippen LogP) is 1.61. The molecule has 0 saturated heterocycles. The van der Waals surface area contributed by atoms with E-state index in [2.05, 4.69) is 22.8 Å². The average Bonchev–Trinajstić information content (AvgIpc) is 3.16. The van der Waals surface area contributed by atoms with Crippen molar-refractivity contribution in [2.75, 3.05) is 6.61 Å². The minimum atomic E-state index is -0.181. The molecule has 1 aromatic carbocycles. The molecule has 0 aromatic heterocycles. The van der Waals surface area contributed by atoms with Crippen molar-refractivity contribution < 1.29 is 9.90 Å². The molecule has 18 heavy (non-hydrogen) atoms. The Bertz CT molecular complexity index is 390. The normalized spacial score (nSPS) is 23.2. The first-order valence-electron chi connectivity index (χ1n) is 6.47. The molecule has 0 radical (unpaired) electrons. The molecule has 3 N–H and O–H groups in total. The van der Waals surface area contributed by atoms with E-state index >= 15 is 0 Å². The number of benzene rings is 1. The zero-order chi connectivity index (χ0) is 13.0. The molecule has 4 nitrogen and oxygen atoms in total. The molecule has 0 heterocycles. The van der Waals surface area contributed by atoms with E-state index in [-0.39, 0.29) is 24.7 Å². The molecule has 0 spiro atoms. The first kappa shape index (κ1) is 12.9. The minimum Gasteiger partial charge on any atom is -0.394 e. The predicted molar refractivity (Wildman–Crippen MR) is 70.4 cm³/mol. The number of nitrogens with one attached hydrogen (secondary N) is 2. The van der Waals surface area contributed by atoms with Gasteiger partial charge in [0.1, 0.15) is 0 Å². The van der Waals surface area contributed by atoms with Gasteiger partial charge in [-0.25, -0.2) is 4.79 Å². The van der Waals surface area contributed by atoms with E-state index in [0.29, 0.717) is 5.92 Å². The summed E-state index contributed by atoms with van der Waals surface area (Å²) in [5.41, 5.74) is 1.27. The number of amides is 2. The summed E-state index contributed by atoms with van der Waals surface area (Å²) in [6.45, 7) is 1.92. The van der Waals surface area contributed by atoms with Gasteiger partial charge in [0, 0.05) is 12.0 Å². The number of urea groups is 1. The first-order valence-corrected chi connectivity index (χ1v) is 6.47. The van der Waals surface area contributed by atoms with Crippen LogP contribution in [0.3, 0.4) is 0 Å². The smallest absolute Gasteiger partial charge is 0.315 e. The maximum Gasteiger partial charge on any atom is 0.315 e. The monoisotopic (exact) mass is 248 g/mol. The molecule has 1 saturated carbocycles. The second-order valence-electron chi connectivity index (χ2n) is 4.76. The lowest BCUT2D eigenvalue weighted by Gasteiger charge is -2.14. The fraction of sp³-hybridized carbons (Fsp3) is 0.500. The summed E-state index contributed by atoms with van der Waals surface area (Å²) in [6, 6.07) is 10.1. The van der Waals surface area contributed by atoms with Gasteiger partial charge in [0.25, 0.3) is 0 Å². The summed E-state index contributed by atoms with van der Waals surface area (Å²) in [4.78, 5) is 11.7. The number of hydrogen-bond donors (Lipinski definition) is 3. The highest BCUT2D eigenvalue weighted by molar-refractivity contribution is 5.75. The molecule has 1 aromatic rings. The second kappa shape index (κ2) is 5.87. The Morgan fingerprint density at radius 3 is 2.78 bits per heavy atom. The van der Waals surface area contributed by atoms with Crippen molar-refractivity contribution in [3.63, 3.8) is 0 Å². The number of aliphatic hydroxyl groups is 1. The number of hydrogen-bond acceptors (Lipinski definition) is 2. The molecule has 3 unspecified atom stereocenters. The van der Waals surface area contributed by atoms with Gasteiger partial charge in [0.2, 0.25) is 0 Å². The lowest BCUT2D eigenvalue weighted by molar-refractivity contribution is 0.214. The first-order chi connectivity index (χ1) is 8.74. The van der Waals surface area contributed by atoms with Crippen LogP contribution in [0.25, 0.3) is 0 Å². The SMILES string of the molecule is CCC(CO)NC(=O)NC1CC1c1ccccc1. The van der Waals surface area contributed by atoms with Crippen molar-refractivity contribution >= 4 is 6.03 Å². The third kappa shape index (κ3) is 3.23. The summed E-state index contributed by atoms with van der Waals surface area (Å²) >= 11 is 0. The highest BCUT2D eigenvalue weighted by Crippen LogP contribution is 2.40. The van der Waals surface area contributed by atoms with Crippen LogP contribution in [0.5, 0.6) is 0 Å². The summed E-state index contributed by atoms with van der Waals surface area (Å²) in [5, 5.41) is 14.7. The van der Waals surface area contributed by atoms with E-state index in [1.807, 2.05) is 25.1 Å². The van der Waals surface area contributed by atoms with Crippen LogP contribution in [0, 0.1) is 0 Å². The zero-order valence-electron chi connectivity index (χ0n) is 10.6. The summed E-state index contributed by atoms with van der Waals surface area (Å²) in [5.74, 6) is 0.436. The number of rotatable bonds is 5. The van der Waals surface area contributed by atoms with Gasteiger partial charge < -0.3 is 15.7 Å². The van der Waals surface area contributed by atoms with Crippen LogP contribution in [-0.4, -0.2) is 29.8 Å². The van der Waals surface area contributed by atoms with Crippen molar-refractivity contribution in [1.29, 1.82) is 0 Å². The Balaban J connectivity index is 1.78. The van der Waals surface area contributed by atoms with Crippen LogP contribution in [0.2, 0.25) is 0 Å². The van der Waals surface area contributed by atoms with Crippen LogP contribution in [0.1, 0.15) is 31.2 Å². The number of aliphatic hydroxyl groups excluding tert-OH is 1. The Kier molecular flexibility index (Phi) is 4.20. The molecule has 0 bridgehead atoms. The molecule has 0 aliphatic heterocycles. The highest BCUT2D eigenvalue weighted by atomic mass is 16.3. The average molecular weight is 248 g/mol.